The van der Waals surface area contributed by atoms with Gasteiger partial charge in [-0.25, -0.2) is 4.98 Å². The number of halogens is 1. The molecule has 0 bridgehead atoms. The molecule has 0 N–H and O–H groups in total. The highest BCUT2D eigenvalue weighted by atomic mass is 35.5. The predicted octanol–water partition coefficient (Wildman–Crippen LogP) is 5.48. The van der Waals surface area contributed by atoms with Crippen molar-refractivity contribution in [1.82, 2.24) is 14.8 Å². The molecule has 1 aromatic carbocycles. The maximum absolute atomic E-state index is 13.6. The van der Waals surface area contributed by atoms with E-state index in [2.05, 4.69) is 37.6 Å². The summed E-state index contributed by atoms with van der Waals surface area (Å²) in [5, 5.41) is 1.58. The summed E-state index contributed by atoms with van der Waals surface area (Å²) in [4.78, 5) is 38.6. The highest BCUT2D eigenvalue weighted by molar-refractivity contribution is 7.11. The SMILES string of the molecule is Cc1nc(C)c(CC(=O)N2CCN(C(C)C)CCCN(C(=O)CC(C)C)c3cc(Cl)ccc3C2)s1. The van der Waals surface area contributed by atoms with Gasteiger partial charge in [0.15, 0.2) is 0 Å². The van der Waals surface area contributed by atoms with Gasteiger partial charge in [-0.3, -0.25) is 14.5 Å². The fraction of sp³-hybridized carbons (Fsp3) is 0.593. The van der Waals surface area contributed by atoms with Gasteiger partial charge >= 0.3 is 0 Å². The zero-order valence-corrected chi connectivity index (χ0v) is 23.5. The Balaban J connectivity index is 1.98. The van der Waals surface area contributed by atoms with Crippen molar-refractivity contribution < 1.29 is 9.59 Å². The van der Waals surface area contributed by atoms with Gasteiger partial charge in [-0.15, -0.1) is 11.3 Å². The molecule has 0 unspecified atom stereocenters. The number of thiazole rings is 1. The van der Waals surface area contributed by atoms with Crippen LogP contribution in [0.3, 0.4) is 0 Å². The molecule has 35 heavy (non-hydrogen) atoms. The van der Waals surface area contributed by atoms with Gasteiger partial charge in [-0.1, -0.05) is 31.5 Å². The third-order valence-electron chi connectivity index (χ3n) is 6.46. The first kappa shape index (κ1) is 27.6. The predicted molar refractivity (Wildman–Crippen MR) is 145 cm³/mol. The molecule has 2 heterocycles. The summed E-state index contributed by atoms with van der Waals surface area (Å²) in [5.41, 5.74) is 2.71. The topological polar surface area (TPSA) is 56.8 Å². The summed E-state index contributed by atoms with van der Waals surface area (Å²) < 4.78 is 0. The first-order valence-electron chi connectivity index (χ1n) is 12.6. The lowest BCUT2D eigenvalue weighted by Crippen LogP contribution is -2.41. The largest absolute Gasteiger partial charge is 0.337 e. The maximum Gasteiger partial charge on any atom is 0.228 e. The van der Waals surface area contributed by atoms with E-state index < -0.39 is 0 Å². The molecule has 1 aliphatic rings. The van der Waals surface area contributed by atoms with Crippen LogP contribution in [-0.4, -0.2) is 58.8 Å². The first-order chi connectivity index (χ1) is 16.5. The Kier molecular flexibility index (Phi) is 9.73. The average molecular weight is 519 g/mol. The maximum atomic E-state index is 13.6. The number of hydrogen-bond donors (Lipinski definition) is 0. The van der Waals surface area contributed by atoms with Crippen molar-refractivity contribution in [2.45, 2.75) is 73.4 Å². The van der Waals surface area contributed by atoms with Crippen LogP contribution in [0.4, 0.5) is 5.69 Å². The molecule has 0 radical (unpaired) electrons. The Hall–Kier alpha value is -1.96. The van der Waals surface area contributed by atoms with Crippen LogP contribution >= 0.6 is 22.9 Å². The number of anilines is 1. The fourth-order valence-corrected chi connectivity index (χ4v) is 5.65. The number of nitrogens with zero attached hydrogens (tertiary/aromatic N) is 4. The van der Waals surface area contributed by atoms with E-state index in [0.717, 1.165) is 46.3 Å². The Morgan fingerprint density at radius 1 is 1.06 bits per heavy atom. The van der Waals surface area contributed by atoms with Gasteiger partial charge in [0.25, 0.3) is 0 Å². The molecule has 3 rings (SSSR count). The average Bonchev–Trinajstić information content (AvgIpc) is 3.06. The van der Waals surface area contributed by atoms with Crippen LogP contribution in [-0.2, 0) is 22.6 Å². The molecule has 0 saturated heterocycles. The van der Waals surface area contributed by atoms with Crippen molar-refractivity contribution in [3.8, 4) is 0 Å². The molecule has 6 nitrogen and oxygen atoms in total. The van der Waals surface area contributed by atoms with Gasteiger partial charge in [0.1, 0.15) is 0 Å². The zero-order chi connectivity index (χ0) is 25.7. The number of fused-ring (bicyclic) bond motifs is 1. The van der Waals surface area contributed by atoms with Crippen molar-refractivity contribution in [3.05, 3.63) is 44.4 Å². The molecular weight excluding hydrogens is 480 g/mol. The molecule has 0 atom stereocenters. The normalized spacial score (nSPS) is 15.9. The Bertz CT molecular complexity index is 1040. The van der Waals surface area contributed by atoms with E-state index in [-0.39, 0.29) is 17.7 Å². The Morgan fingerprint density at radius 2 is 1.80 bits per heavy atom. The van der Waals surface area contributed by atoms with Crippen molar-refractivity contribution in [2.75, 3.05) is 31.1 Å². The van der Waals surface area contributed by atoms with Crippen molar-refractivity contribution in [2.24, 2.45) is 5.92 Å². The molecule has 0 fully saturated rings. The number of benzene rings is 1. The van der Waals surface area contributed by atoms with Crippen LogP contribution in [0.1, 0.15) is 61.7 Å². The number of aryl methyl sites for hydroxylation is 2. The second kappa shape index (κ2) is 12.3. The standard InChI is InChI=1S/C27H39ClN4O2S/c1-18(2)14-27(34)32-11-7-10-30(19(3)4)12-13-31(17-22-8-9-23(28)15-24(22)32)26(33)16-25-20(5)29-21(6)35-25/h8-9,15,18-19H,7,10-14,16-17H2,1-6H3. The van der Waals surface area contributed by atoms with E-state index in [1.54, 1.807) is 11.3 Å². The summed E-state index contributed by atoms with van der Waals surface area (Å²) in [5.74, 6) is 0.452. The number of hydrogen-bond acceptors (Lipinski definition) is 5. The van der Waals surface area contributed by atoms with Crippen molar-refractivity contribution in [3.63, 3.8) is 0 Å². The van der Waals surface area contributed by atoms with Crippen LogP contribution < -0.4 is 4.90 Å². The van der Waals surface area contributed by atoms with Gasteiger partial charge in [0, 0.05) is 55.1 Å². The minimum atomic E-state index is 0.0839. The number of carbonyl (C=O) groups is 2. The van der Waals surface area contributed by atoms with Crippen LogP contribution in [0.2, 0.25) is 5.02 Å². The van der Waals surface area contributed by atoms with E-state index in [4.69, 9.17) is 11.6 Å². The number of carbonyl (C=O) groups excluding carboxylic acids is 2. The minimum absolute atomic E-state index is 0.0839. The number of amides is 2. The van der Waals surface area contributed by atoms with Crippen molar-refractivity contribution >= 4 is 40.4 Å². The molecule has 0 aliphatic carbocycles. The van der Waals surface area contributed by atoms with E-state index >= 15 is 0 Å². The number of rotatable bonds is 5. The van der Waals surface area contributed by atoms with Gasteiger partial charge < -0.3 is 9.80 Å². The highest BCUT2D eigenvalue weighted by Gasteiger charge is 2.25. The lowest BCUT2D eigenvalue weighted by Gasteiger charge is -2.30. The second-order valence-electron chi connectivity index (χ2n) is 10.1. The van der Waals surface area contributed by atoms with Crippen molar-refractivity contribution in [1.29, 1.82) is 0 Å². The summed E-state index contributed by atoms with van der Waals surface area (Å²) in [6.07, 6.45) is 1.69. The highest BCUT2D eigenvalue weighted by Crippen LogP contribution is 2.29. The summed E-state index contributed by atoms with van der Waals surface area (Å²) in [7, 11) is 0. The third kappa shape index (κ3) is 7.51. The van der Waals surface area contributed by atoms with E-state index in [1.165, 1.54) is 0 Å². The van der Waals surface area contributed by atoms with Gasteiger partial charge in [-0.2, -0.15) is 0 Å². The lowest BCUT2D eigenvalue weighted by molar-refractivity contribution is -0.131. The Labute approximate surface area is 219 Å². The van der Waals surface area contributed by atoms with Gasteiger partial charge in [-0.05, 0) is 57.7 Å². The summed E-state index contributed by atoms with van der Waals surface area (Å²) in [6, 6.07) is 6.06. The fourth-order valence-electron chi connectivity index (χ4n) is 4.55. The van der Waals surface area contributed by atoms with Crippen LogP contribution in [0.15, 0.2) is 18.2 Å². The molecule has 2 aromatic rings. The zero-order valence-electron chi connectivity index (χ0n) is 21.9. The number of aromatic nitrogens is 1. The molecule has 1 aliphatic heterocycles. The molecule has 192 valence electrons. The lowest BCUT2D eigenvalue weighted by atomic mass is 10.1. The second-order valence-corrected chi connectivity index (χ2v) is 11.9. The monoisotopic (exact) mass is 518 g/mol. The minimum Gasteiger partial charge on any atom is -0.337 e. The third-order valence-corrected chi connectivity index (χ3v) is 7.77. The first-order valence-corrected chi connectivity index (χ1v) is 13.8. The quantitative estimate of drug-likeness (QED) is 0.526. The molecule has 2 amide bonds. The molecule has 1 aromatic heterocycles. The molecule has 8 heteroatoms. The summed E-state index contributed by atoms with van der Waals surface area (Å²) in [6.45, 7) is 15.8. The van der Waals surface area contributed by atoms with E-state index in [1.807, 2.05) is 41.8 Å². The van der Waals surface area contributed by atoms with Crippen LogP contribution in [0.5, 0.6) is 0 Å². The smallest absolute Gasteiger partial charge is 0.228 e. The Morgan fingerprint density at radius 3 is 2.43 bits per heavy atom. The van der Waals surface area contributed by atoms with Gasteiger partial charge in [0.05, 0.1) is 22.8 Å². The molecule has 0 spiro atoms. The molecular formula is C27H39ClN4O2S. The van der Waals surface area contributed by atoms with E-state index in [9.17, 15) is 9.59 Å². The van der Waals surface area contributed by atoms with E-state index in [0.29, 0.717) is 43.5 Å². The molecule has 0 saturated carbocycles. The van der Waals surface area contributed by atoms with Crippen LogP contribution in [0.25, 0.3) is 0 Å². The van der Waals surface area contributed by atoms with Crippen LogP contribution in [0, 0.1) is 19.8 Å². The van der Waals surface area contributed by atoms with Gasteiger partial charge in [0.2, 0.25) is 11.8 Å². The summed E-state index contributed by atoms with van der Waals surface area (Å²) >= 11 is 8.00.